The molecule has 0 unspecified atom stereocenters. The van der Waals surface area contributed by atoms with Crippen LogP contribution in [0.5, 0.6) is 0 Å². The normalized spacial score (nSPS) is 17.2. The lowest BCUT2D eigenvalue weighted by atomic mass is 9.79. The number of carbonyl (C=O) groups excluding carboxylic acids is 1. The van der Waals surface area contributed by atoms with Gasteiger partial charge in [0.1, 0.15) is 11.4 Å². The highest BCUT2D eigenvalue weighted by atomic mass is 32.2. The fourth-order valence-corrected chi connectivity index (χ4v) is 7.32. The predicted octanol–water partition coefficient (Wildman–Crippen LogP) is 6.31. The molecular weight excluding hydrogens is 574 g/mol. The summed E-state index contributed by atoms with van der Waals surface area (Å²) < 4.78 is 36.2. The number of hydrogen-bond donors (Lipinski definition) is 2. The zero-order chi connectivity index (χ0) is 30.8. The molecule has 2 aliphatic rings. The van der Waals surface area contributed by atoms with Crippen LogP contribution in [0.2, 0.25) is 0 Å². The minimum Gasteiger partial charge on any atom is -0.512 e. The molecule has 1 fully saturated rings. The van der Waals surface area contributed by atoms with Gasteiger partial charge in [0.15, 0.2) is 5.03 Å². The smallest absolute Gasteiger partial charge is 0.338 e. The van der Waals surface area contributed by atoms with Crippen molar-refractivity contribution in [3.05, 3.63) is 125 Å². The van der Waals surface area contributed by atoms with Crippen molar-refractivity contribution in [2.24, 2.45) is 12.5 Å². The third-order valence-corrected chi connectivity index (χ3v) is 10.0. The molecule has 1 aliphatic heterocycles. The van der Waals surface area contributed by atoms with Crippen LogP contribution < -0.4 is 4.72 Å². The number of rotatable bonds is 12. The molecule has 4 aromatic rings. The fourth-order valence-electron chi connectivity index (χ4n) is 6.29. The topological polar surface area (TPSA) is 111 Å². The van der Waals surface area contributed by atoms with Gasteiger partial charge in [0, 0.05) is 30.8 Å². The van der Waals surface area contributed by atoms with Crippen LogP contribution in [0.3, 0.4) is 0 Å². The van der Waals surface area contributed by atoms with Crippen molar-refractivity contribution in [2.75, 3.05) is 4.72 Å². The minimum atomic E-state index is -3.85. The van der Waals surface area contributed by atoms with E-state index < -0.39 is 27.0 Å². The maximum absolute atomic E-state index is 13.8. The van der Waals surface area contributed by atoms with E-state index in [1.165, 1.54) is 12.5 Å². The molecule has 9 heteroatoms. The number of hydrogen-bond acceptors (Lipinski definition) is 6. The first-order valence-corrected chi connectivity index (χ1v) is 16.5. The number of ether oxygens (including phenoxy) is 1. The average molecular weight is 612 g/mol. The second kappa shape index (κ2) is 12.0. The van der Waals surface area contributed by atoms with Gasteiger partial charge in [0.25, 0.3) is 10.0 Å². The van der Waals surface area contributed by atoms with Gasteiger partial charge in [-0.2, -0.15) is 8.42 Å². The molecule has 2 N–H and O–H groups in total. The molecule has 2 heterocycles. The number of imidazole rings is 1. The standard InChI is InChI=1S/C35H37N3O5S/c1-38-24-31(36-25-38)44(41,42)37-29-14-8-13-28(21-29)22-34(19-20-34)32-30(39)23-35(43-33(32)40,17-15-26-9-4-2-5-10-26)18-16-27-11-6-3-7-12-27/h2-14,21,24-25,37,39H,15-20,22-23H2,1H3. The highest BCUT2D eigenvalue weighted by molar-refractivity contribution is 7.92. The summed E-state index contributed by atoms with van der Waals surface area (Å²) in [6.45, 7) is 0. The van der Waals surface area contributed by atoms with Gasteiger partial charge in [0.2, 0.25) is 0 Å². The number of aliphatic hydroxyl groups excluding tert-OH is 1. The number of nitrogens with one attached hydrogen (secondary N) is 1. The Balaban J connectivity index is 1.22. The Bertz CT molecular complexity index is 1730. The van der Waals surface area contributed by atoms with Gasteiger partial charge in [-0.1, -0.05) is 72.8 Å². The lowest BCUT2D eigenvalue weighted by molar-refractivity contribution is -0.161. The third kappa shape index (κ3) is 6.58. The van der Waals surface area contributed by atoms with Crippen LogP contribution in [-0.2, 0) is 45.9 Å². The summed E-state index contributed by atoms with van der Waals surface area (Å²) >= 11 is 0. The van der Waals surface area contributed by atoms with Gasteiger partial charge < -0.3 is 14.4 Å². The highest BCUT2D eigenvalue weighted by Crippen LogP contribution is 2.57. The Labute approximate surface area is 258 Å². The van der Waals surface area contributed by atoms with E-state index in [9.17, 15) is 18.3 Å². The maximum atomic E-state index is 13.8. The summed E-state index contributed by atoms with van der Waals surface area (Å²) in [7, 11) is -2.14. The van der Waals surface area contributed by atoms with Gasteiger partial charge in [-0.3, -0.25) is 4.72 Å². The van der Waals surface area contributed by atoms with E-state index in [-0.39, 0.29) is 17.2 Å². The summed E-state index contributed by atoms with van der Waals surface area (Å²) in [6, 6.07) is 27.4. The third-order valence-electron chi connectivity index (χ3n) is 8.78. The first kappa shape index (κ1) is 29.7. The number of benzene rings is 3. The maximum Gasteiger partial charge on any atom is 0.338 e. The molecule has 0 spiro atoms. The SMILES string of the molecule is Cn1cnc(S(=O)(=O)Nc2cccc(CC3(C4=C(O)CC(CCc5ccccc5)(CCc5ccccc5)OC4=O)CC3)c2)c1. The minimum absolute atomic E-state index is 0.0629. The van der Waals surface area contributed by atoms with E-state index in [0.717, 1.165) is 42.4 Å². The van der Waals surface area contributed by atoms with Crippen molar-refractivity contribution in [1.29, 1.82) is 0 Å². The molecule has 1 saturated carbocycles. The van der Waals surface area contributed by atoms with Crippen molar-refractivity contribution in [3.8, 4) is 0 Å². The van der Waals surface area contributed by atoms with Crippen molar-refractivity contribution >= 4 is 21.7 Å². The molecule has 44 heavy (non-hydrogen) atoms. The molecular formula is C35H37N3O5S. The van der Waals surface area contributed by atoms with E-state index >= 15 is 0 Å². The van der Waals surface area contributed by atoms with E-state index in [1.54, 1.807) is 29.8 Å². The van der Waals surface area contributed by atoms with Crippen LogP contribution in [0.1, 0.15) is 48.8 Å². The Kier molecular flexibility index (Phi) is 8.07. The second-order valence-corrected chi connectivity index (χ2v) is 13.8. The van der Waals surface area contributed by atoms with Gasteiger partial charge in [-0.15, -0.1) is 0 Å². The number of aryl methyl sites for hydroxylation is 3. The van der Waals surface area contributed by atoms with Crippen molar-refractivity contribution in [3.63, 3.8) is 0 Å². The highest BCUT2D eigenvalue weighted by Gasteiger charge is 2.54. The Morgan fingerprint density at radius 2 is 1.52 bits per heavy atom. The number of esters is 1. The largest absolute Gasteiger partial charge is 0.512 e. The zero-order valence-electron chi connectivity index (χ0n) is 24.8. The monoisotopic (exact) mass is 611 g/mol. The molecule has 0 saturated heterocycles. The molecule has 0 amide bonds. The number of aromatic nitrogens is 2. The molecule has 228 valence electrons. The molecule has 0 bridgehead atoms. The fraction of sp³-hybridized carbons (Fsp3) is 0.314. The molecule has 1 aromatic heterocycles. The van der Waals surface area contributed by atoms with Crippen molar-refractivity contribution < 1.29 is 23.1 Å². The first-order valence-electron chi connectivity index (χ1n) is 15.0. The van der Waals surface area contributed by atoms with Crippen molar-refractivity contribution in [2.45, 2.75) is 62.0 Å². The number of sulfonamides is 1. The summed E-state index contributed by atoms with van der Waals surface area (Å²) in [6.07, 6.45) is 7.81. The summed E-state index contributed by atoms with van der Waals surface area (Å²) in [5, 5.41) is 11.5. The summed E-state index contributed by atoms with van der Waals surface area (Å²) in [5.41, 5.74) is 2.62. The van der Waals surface area contributed by atoms with Gasteiger partial charge in [0.05, 0.1) is 11.9 Å². The molecule has 8 nitrogen and oxygen atoms in total. The predicted molar refractivity (Wildman–Crippen MR) is 168 cm³/mol. The van der Waals surface area contributed by atoms with Crippen LogP contribution in [0.25, 0.3) is 0 Å². The van der Waals surface area contributed by atoms with Crippen LogP contribution in [-0.4, -0.2) is 34.6 Å². The number of anilines is 1. The van der Waals surface area contributed by atoms with E-state index in [2.05, 4.69) is 34.0 Å². The number of cyclic esters (lactones) is 1. The molecule has 0 radical (unpaired) electrons. The number of aliphatic hydroxyl groups is 1. The first-order chi connectivity index (χ1) is 21.2. The van der Waals surface area contributed by atoms with Gasteiger partial charge in [-0.25, -0.2) is 9.78 Å². The summed E-state index contributed by atoms with van der Waals surface area (Å²) in [4.78, 5) is 17.7. The van der Waals surface area contributed by atoms with E-state index in [1.807, 2.05) is 42.5 Å². The summed E-state index contributed by atoms with van der Waals surface area (Å²) in [5.74, 6) is -0.328. The Morgan fingerprint density at radius 1 is 0.909 bits per heavy atom. The Hall–Kier alpha value is -4.37. The van der Waals surface area contributed by atoms with Crippen LogP contribution in [0.4, 0.5) is 5.69 Å². The zero-order valence-corrected chi connectivity index (χ0v) is 25.6. The van der Waals surface area contributed by atoms with E-state index in [0.29, 0.717) is 30.5 Å². The van der Waals surface area contributed by atoms with Crippen LogP contribution >= 0.6 is 0 Å². The van der Waals surface area contributed by atoms with Crippen LogP contribution in [0.15, 0.2) is 114 Å². The lowest BCUT2D eigenvalue weighted by Crippen LogP contribution is -2.43. The quantitative estimate of drug-likeness (QED) is 0.182. The average Bonchev–Trinajstić information content (AvgIpc) is 3.62. The number of nitrogens with zero attached hydrogens (tertiary/aromatic N) is 2. The number of carbonyl (C=O) groups is 1. The molecule has 6 rings (SSSR count). The van der Waals surface area contributed by atoms with Crippen LogP contribution in [0, 0.1) is 5.41 Å². The van der Waals surface area contributed by atoms with Gasteiger partial charge >= 0.3 is 5.97 Å². The second-order valence-electron chi connectivity index (χ2n) is 12.2. The molecule has 1 aliphatic carbocycles. The molecule has 3 aromatic carbocycles. The van der Waals surface area contributed by atoms with Crippen molar-refractivity contribution in [1.82, 2.24) is 9.55 Å². The Morgan fingerprint density at radius 3 is 2.07 bits per heavy atom. The lowest BCUT2D eigenvalue weighted by Gasteiger charge is -2.39. The van der Waals surface area contributed by atoms with Gasteiger partial charge in [-0.05, 0) is 73.8 Å². The molecule has 0 atom stereocenters. The van der Waals surface area contributed by atoms with E-state index in [4.69, 9.17) is 4.74 Å².